The number of hydrogen-bond donors (Lipinski definition) is 1. The highest BCUT2D eigenvalue weighted by Gasteiger charge is 2.10. The maximum absolute atomic E-state index is 12.1. The van der Waals surface area contributed by atoms with Crippen molar-refractivity contribution >= 4 is 11.9 Å². The number of carbonyl (C=O) groups excluding carboxylic acids is 2. The Labute approximate surface area is 236 Å². The summed E-state index contributed by atoms with van der Waals surface area (Å²) >= 11 is 0. The Balaban J connectivity index is 4.01. The van der Waals surface area contributed by atoms with Crippen molar-refractivity contribution in [1.82, 2.24) is 4.90 Å². The van der Waals surface area contributed by atoms with Gasteiger partial charge in [-0.25, -0.2) is 0 Å². The topological polar surface area (TPSA) is 81.9 Å². The smallest absolute Gasteiger partial charge is 0.305 e. The van der Waals surface area contributed by atoms with E-state index in [9.17, 15) is 9.59 Å². The van der Waals surface area contributed by atoms with Crippen LogP contribution in [0.15, 0.2) is 0 Å². The van der Waals surface area contributed by atoms with Crippen LogP contribution in [0.2, 0.25) is 0 Å². The van der Waals surface area contributed by atoms with Crippen LogP contribution < -0.4 is 5.73 Å². The van der Waals surface area contributed by atoms with Crippen molar-refractivity contribution in [1.29, 1.82) is 0 Å². The quantitative estimate of drug-likeness (QED) is 0.0735. The van der Waals surface area contributed by atoms with E-state index in [-0.39, 0.29) is 11.9 Å². The summed E-state index contributed by atoms with van der Waals surface area (Å²) in [4.78, 5) is 26.7. The van der Waals surface area contributed by atoms with Crippen molar-refractivity contribution in [3.63, 3.8) is 0 Å². The lowest BCUT2D eigenvalue weighted by atomic mass is 10.1. The third-order valence-electron chi connectivity index (χ3n) is 7.16. The number of nitrogens with two attached hydrogens (primary N) is 1. The number of rotatable bonds is 30. The number of carbonyl (C=O) groups is 2. The highest BCUT2D eigenvalue weighted by molar-refractivity contribution is 5.69. The molecule has 0 saturated carbocycles. The molecule has 0 aromatic rings. The third-order valence-corrected chi connectivity index (χ3v) is 7.16. The Hall–Kier alpha value is -1.14. The molecule has 0 rings (SSSR count). The molecule has 226 valence electrons. The minimum absolute atomic E-state index is 0.0761. The molecule has 6 heteroatoms. The van der Waals surface area contributed by atoms with Gasteiger partial charge in [-0.15, -0.1) is 0 Å². The van der Waals surface area contributed by atoms with Crippen LogP contribution in [0.1, 0.15) is 155 Å². The van der Waals surface area contributed by atoms with Crippen LogP contribution in [0.25, 0.3) is 0 Å². The lowest BCUT2D eigenvalue weighted by Gasteiger charge is -2.22. The molecule has 0 amide bonds. The molecule has 38 heavy (non-hydrogen) atoms. The first-order valence-corrected chi connectivity index (χ1v) is 16.4. The molecule has 0 aromatic heterocycles. The second-order valence-electron chi connectivity index (χ2n) is 10.9. The molecule has 0 radical (unpaired) electrons. The number of esters is 2. The normalized spacial score (nSPS) is 11.3. The number of hydrogen-bond acceptors (Lipinski definition) is 6. The van der Waals surface area contributed by atoms with Gasteiger partial charge >= 0.3 is 11.9 Å². The fraction of sp³-hybridized carbons (Fsp3) is 0.938. The molecule has 0 aromatic carbocycles. The molecular formula is C32H64N2O4. The van der Waals surface area contributed by atoms with Crippen LogP contribution >= 0.6 is 0 Å². The summed E-state index contributed by atoms with van der Waals surface area (Å²) in [5, 5.41) is 0. The lowest BCUT2D eigenvalue weighted by molar-refractivity contribution is -0.144. The molecule has 0 unspecified atom stereocenters. The van der Waals surface area contributed by atoms with E-state index in [1.54, 1.807) is 0 Å². The third kappa shape index (κ3) is 27.9. The molecule has 0 spiro atoms. The van der Waals surface area contributed by atoms with Crippen molar-refractivity contribution in [2.45, 2.75) is 155 Å². The van der Waals surface area contributed by atoms with Gasteiger partial charge in [-0.1, -0.05) is 104 Å². The molecule has 6 nitrogen and oxygen atoms in total. The molecule has 0 fully saturated rings. The van der Waals surface area contributed by atoms with Gasteiger partial charge in [0.25, 0.3) is 0 Å². The summed E-state index contributed by atoms with van der Waals surface area (Å²) in [7, 11) is 0. The average Bonchev–Trinajstić information content (AvgIpc) is 2.91. The summed E-state index contributed by atoms with van der Waals surface area (Å²) in [5.74, 6) is -0.152. The van der Waals surface area contributed by atoms with Gasteiger partial charge in [-0.05, 0) is 64.7 Å². The van der Waals surface area contributed by atoms with Crippen molar-refractivity contribution in [3.05, 3.63) is 0 Å². The number of ether oxygens (including phenoxy) is 2. The van der Waals surface area contributed by atoms with Crippen molar-refractivity contribution < 1.29 is 19.1 Å². The van der Waals surface area contributed by atoms with Crippen LogP contribution in [0.3, 0.4) is 0 Å². The Morgan fingerprint density at radius 2 is 0.868 bits per heavy atom. The summed E-state index contributed by atoms with van der Waals surface area (Å²) in [6, 6.07) is 0. The van der Waals surface area contributed by atoms with Gasteiger partial charge in [0, 0.05) is 12.8 Å². The van der Waals surface area contributed by atoms with Gasteiger partial charge in [-0.3, -0.25) is 9.59 Å². The van der Waals surface area contributed by atoms with Crippen molar-refractivity contribution in [2.75, 3.05) is 39.4 Å². The maximum Gasteiger partial charge on any atom is 0.305 e. The maximum atomic E-state index is 12.1. The Bertz CT molecular complexity index is 478. The zero-order valence-corrected chi connectivity index (χ0v) is 25.5. The summed E-state index contributed by atoms with van der Waals surface area (Å²) < 4.78 is 10.9. The minimum atomic E-state index is -0.0761. The fourth-order valence-corrected chi connectivity index (χ4v) is 4.70. The molecule has 2 N–H and O–H groups in total. The van der Waals surface area contributed by atoms with Gasteiger partial charge in [0.15, 0.2) is 0 Å². The second-order valence-corrected chi connectivity index (χ2v) is 10.9. The van der Waals surface area contributed by atoms with Crippen molar-refractivity contribution in [3.8, 4) is 0 Å². The van der Waals surface area contributed by atoms with Crippen LogP contribution in [0.4, 0.5) is 0 Å². The van der Waals surface area contributed by atoms with Crippen LogP contribution in [-0.4, -0.2) is 56.2 Å². The number of nitrogens with zero attached hydrogens (tertiary/aromatic N) is 1. The standard InChI is InChI=1S/C32H64N2O4/c1-3-5-7-9-11-15-19-29-37-31(35)23-21-27-34(26-18-14-13-17-25-33)28-22-24-32(36)38-30-20-16-12-10-8-6-4-2/h3-30,33H2,1-2H3. The SMILES string of the molecule is CCCCCCCCCOC(=O)CCCN(CCCCCCN)CCCC(=O)OCCCCCCCCC. The Morgan fingerprint density at radius 3 is 1.32 bits per heavy atom. The average molecular weight is 541 g/mol. The van der Waals surface area contributed by atoms with E-state index in [1.807, 2.05) is 0 Å². The lowest BCUT2D eigenvalue weighted by Crippen LogP contribution is -2.28. The van der Waals surface area contributed by atoms with E-state index in [2.05, 4.69) is 18.7 Å². The van der Waals surface area contributed by atoms with E-state index in [4.69, 9.17) is 15.2 Å². The van der Waals surface area contributed by atoms with E-state index in [0.717, 1.165) is 77.5 Å². The highest BCUT2D eigenvalue weighted by Crippen LogP contribution is 2.10. The van der Waals surface area contributed by atoms with E-state index in [0.29, 0.717) is 26.1 Å². The molecule has 0 heterocycles. The molecule has 0 aliphatic rings. The first-order valence-electron chi connectivity index (χ1n) is 16.4. The largest absolute Gasteiger partial charge is 0.466 e. The highest BCUT2D eigenvalue weighted by atomic mass is 16.5. The summed E-state index contributed by atoms with van der Waals surface area (Å²) in [6.45, 7) is 9.08. The van der Waals surface area contributed by atoms with Gasteiger partial charge in [-0.2, -0.15) is 0 Å². The van der Waals surface area contributed by atoms with Gasteiger partial charge in [0.05, 0.1) is 13.2 Å². The minimum Gasteiger partial charge on any atom is -0.466 e. The zero-order valence-electron chi connectivity index (χ0n) is 25.5. The van der Waals surface area contributed by atoms with Gasteiger partial charge in [0.2, 0.25) is 0 Å². The molecule has 0 aliphatic carbocycles. The molecule has 0 aliphatic heterocycles. The predicted molar refractivity (Wildman–Crippen MR) is 160 cm³/mol. The summed E-state index contributed by atoms with van der Waals surface area (Å²) in [6.07, 6.45) is 24.3. The zero-order chi connectivity index (χ0) is 27.9. The summed E-state index contributed by atoms with van der Waals surface area (Å²) in [5.41, 5.74) is 5.61. The molecule has 0 atom stereocenters. The Kier molecular flexibility index (Phi) is 29.5. The van der Waals surface area contributed by atoms with Crippen LogP contribution in [-0.2, 0) is 19.1 Å². The first-order chi connectivity index (χ1) is 18.6. The van der Waals surface area contributed by atoms with E-state index in [1.165, 1.54) is 77.0 Å². The van der Waals surface area contributed by atoms with Crippen LogP contribution in [0, 0.1) is 0 Å². The molecule has 0 saturated heterocycles. The van der Waals surface area contributed by atoms with Gasteiger partial charge < -0.3 is 20.1 Å². The van der Waals surface area contributed by atoms with E-state index < -0.39 is 0 Å². The second kappa shape index (κ2) is 30.4. The van der Waals surface area contributed by atoms with Crippen molar-refractivity contribution in [2.24, 2.45) is 5.73 Å². The molecule has 0 bridgehead atoms. The fourth-order valence-electron chi connectivity index (χ4n) is 4.70. The monoisotopic (exact) mass is 540 g/mol. The molecular weight excluding hydrogens is 476 g/mol. The number of unbranched alkanes of at least 4 members (excludes halogenated alkanes) is 15. The van der Waals surface area contributed by atoms with Gasteiger partial charge in [0.1, 0.15) is 0 Å². The Morgan fingerprint density at radius 1 is 0.500 bits per heavy atom. The predicted octanol–water partition coefficient (Wildman–Crippen LogP) is 7.96. The van der Waals surface area contributed by atoms with Crippen LogP contribution in [0.5, 0.6) is 0 Å². The van der Waals surface area contributed by atoms with E-state index >= 15 is 0 Å². The first kappa shape index (κ1) is 36.9.